The zero-order valence-corrected chi connectivity index (χ0v) is 19.2. The van der Waals surface area contributed by atoms with Crippen LogP contribution < -0.4 is 10.1 Å². The first-order valence-electron chi connectivity index (χ1n) is 12.1. The maximum Gasteiger partial charge on any atom is 0.228 e. The van der Waals surface area contributed by atoms with Crippen LogP contribution in [-0.2, 0) is 20.7 Å². The number of piperidine rings is 1. The van der Waals surface area contributed by atoms with Crippen LogP contribution in [0, 0.1) is 0 Å². The predicted molar refractivity (Wildman–Crippen MR) is 126 cm³/mol. The molecule has 34 heavy (non-hydrogen) atoms. The van der Waals surface area contributed by atoms with E-state index in [0.717, 1.165) is 42.8 Å². The van der Waals surface area contributed by atoms with Crippen LogP contribution in [0.4, 0.5) is 5.69 Å². The van der Waals surface area contributed by atoms with E-state index in [9.17, 15) is 14.7 Å². The van der Waals surface area contributed by atoms with Gasteiger partial charge in [0.1, 0.15) is 18.0 Å². The minimum absolute atomic E-state index is 0.00268. The van der Waals surface area contributed by atoms with Gasteiger partial charge in [-0.1, -0.05) is 0 Å². The summed E-state index contributed by atoms with van der Waals surface area (Å²) in [5.74, 6) is 0.757. The summed E-state index contributed by atoms with van der Waals surface area (Å²) in [6.07, 6.45) is 6.79. The van der Waals surface area contributed by atoms with Crippen molar-refractivity contribution in [2.45, 2.75) is 62.8 Å². The number of amides is 2. The lowest BCUT2D eigenvalue weighted by Gasteiger charge is -2.38. The van der Waals surface area contributed by atoms with Crippen molar-refractivity contribution in [2.75, 3.05) is 25.0 Å². The summed E-state index contributed by atoms with van der Waals surface area (Å²) in [6, 6.07) is 9.28. The summed E-state index contributed by atoms with van der Waals surface area (Å²) < 4.78 is 12.2. The number of hydrogen-bond donors (Lipinski definition) is 2. The molecule has 4 heterocycles. The van der Waals surface area contributed by atoms with Crippen LogP contribution in [0.2, 0.25) is 0 Å². The molecule has 0 spiro atoms. The quantitative estimate of drug-likeness (QED) is 0.680. The Labute approximate surface area is 199 Å². The van der Waals surface area contributed by atoms with Crippen LogP contribution in [0.3, 0.4) is 0 Å². The van der Waals surface area contributed by atoms with E-state index in [4.69, 9.17) is 9.47 Å². The lowest BCUT2D eigenvalue weighted by atomic mass is 9.84. The molecule has 4 atom stereocenters. The number of carbonyl (C=O) groups is 2. The Morgan fingerprint density at radius 2 is 1.91 bits per heavy atom. The van der Waals surface area contributed by atoms with Crippen molar-refractivity contribution >= 4 is 17.5 Å². The third kappa shape index (κ3) is 4.93. The topological polar surface area (TPSA) is 101 Å². The Morgan fingerprint density at radius 3 is 2.68 bits per heavy atom. The molecule has 5 rings (SSSR count). The Bertz CT molecular complexity index is 1020. The highest BCUT2D eigenvalue weighted by molar-refractivity contribution is 5.92. The second kappa shape index (κ2) is 10.1. The number of hydrogen-bond acceptors (Lipinski definition) is 6. The first-order chi connectivity index (χ1) is 16.6. The summed E-state index contributed by atoms with van der Waals surface area (Å²) in [7, 11) is 0. The van der Waals surface area contributed by atoms with Crippen molar-refractivity contribution < 1.29 is 24.2 Å². The number of rotatable bonds is 6. The molecule has 2 fully saturated rings. The second-order valence-corrected chi connectivity index (χ2v) is 9.38. The molecule has 0 radical (unpaired) electrons. The van der Waals surface area contributed by atoms with Crippen LogP contribution in [-0.4, -0.2) is 64.8 Å². The van der Waals surface area contributed by atoms with E-state index in [1.165, 1.54) is 6.42 Å². The predicted octanol–water partition coefficient (Wildman–Crippen LogP) is 2.66. The van der Waals surface area contributed by atoms with Gasteiger partial charge in [-0.15, -0.1) is 0 Å². The number of likely N-dealkylation sites (tertiary alicyclic amines) is 1. The molecule has 2 amide bonds. The molecule has 180 valence electrons. The van der Waals surface area contributed by atoms with Gasteiger partial charge < -0.3 is 24.8 Å². The number of benzene rings is 1. The van der Waals surface area contributed by atoms with Crippen molar-refractivity contribution in [1.82, 2.24) is 9.88 Å². The highest BCUT2D eigenvalue weighted by Crippen LogP contribution is 2.47. The van der Waals surface area contributed by atoms with Crippen molar-refractivity contribution in [3.63, 3.8) is 0 Å². The molecule has 0 unspecified atom stereocenters. The summed E-state index contributed by atoms with van der Waals surface area (Å²) >= 11 is 0. The lowest BCUT2D eigenvalue weighted by Crippen LogP contribution is -2.48. The van der Waals surface area contributed by atoms with Gasteiger partial charge in [-0.2, -0.15) is 0 Å². The zero-order chi connectivity index (χ0) is 23.5. The number of carbonyl (C=O) groups excluding carboxylic acids is 2. The van der Waals surface area contributed by atoms with Crippen molar-refractivity contribution in [1.29, 1.82) is 0 Å². The number of aromatic nitrogens is 1. The average Bonchev–Trinajstić information content (AvgIpc) is 3.22. The van der Waals surface area contributed by atoms with Gasteiger partial charge in [-0.05, 0) is 61.6 Å². The molecule has 0 bridgehead atoms. The molecule has 0 aliphatic carbocycles. The number of aliphatic hydroxyl groups is 1. The maximum absolute atomic E-state index is 12.8. The van der Waals surface area contributed by atoms with Gasteiger partial charge in [0.05, 0.1) is 25.6 Å². The fourth-order valence-corrected chi connectivity index (χ4v) is 5.33. The van der Waals surface area contributed by atoms with Gasteiger partial charge >= 0.3 is 0 Å². The zero-order valence-electron chi connectivity index (χ0n) is 19.2. The molecule has 0 saturated carbocycles. The van der Waals surface area contributed by atoms with E-state index >= 15 is 0 Å². The molecule has 3 aliphatic rings. The number of ether oxygens (including phenoxy) is 2. The number of anilines is 1. The van der Waals surface area contributed by atoms with Crippen LogP contribution >= 0.6 is 0 Å². The molecule has 1 aromatic heterocycles. The summed E-state index contributed by atoms with van der Waals surface area (Å²) in [5.41, 5.74) is 2.59. The van der Waals surface area contributed by atoms with Gasteiger partial charge in [0.2, 0.25) is 11.8 Å². The molecule has 2 N–H and O–H groups in total. The maximum atomic E-state index is 12.8. The van der Waals surface area contributed by atoms with Crippen LogP contribution in [0.15, 0.2) is 42.7 Å². The number of nitrogens with one attached hydrogen (secondary N) is 1. The van der Waals surface area contributed by atoms with Crippen LogP contribution in [0.1, 0.15) is 49.1 Å². The molecular formula is C26H31N3O5. The number of fused-ring (bicyclic) bond motifs is 3. The molecule has 2 saturated heterocycles. The summed E-state index contributed by atoms with van der Waals surface area (Å²) in [5, 5.41) is 12.9. The van der Waals surface area contributed by atoms with Gasteiger partial charge in [0.15, 0.2) is 0 Å². The fraction of sp³-hybridized carbons (Fsp3) is 0.500. The number of aliphatic hydroxyl groups excluding tert-OH is 1. The van der Waals surface area contributed by atoms with Crippen molar-refractivity contribution in [3.05, 3.63) is 53.9 Å². The van der Waals surface area contributed by atoms with E-state index in [1.807, 2.05) is 35.2 Å². The molecule has 8 heteroatoms. The number of pyridine rings is 1. The monoisotopic (exact) mass is 465 g/mol. The minimum Gasteiger partial charge on any atom is -0.487 e. The standard InChI is InChI=1S/C26H31N3O5/c30-16-23-26-21(14-19(33-23)15-25(32)29-10-2-1-3-11-29)20-13-18(4-5-22(20)34-26)28-24(31)12-17-6-8-27-9-7-17/h4-9,13,19,21,23,26,30H,1-3,10-12,14-16H2,(H,28,31)/t19-,21+,23+,26-/m1/s1. The van der Waals surface area contributed by atoms with E-state index in [1.54, 1.807) is 12.4 Å². The fourth-order valence-electron chi connectivity index (χ4n) is 5.33. The SMILES string of the molecule is O=C(Cc1ccncc1)Nc1ccc2c(c1)[C@@H]1C[C@H](CC(=O)N3CCCCC3)O[C@@H](CO)[C@@H]1O2. The van der Waals surface area contributed by atoms with E-state index in [-0.39, 0.29) is 43.0 Å². The molecule has 1 aromatic carbocycles. The second-order valence-electron chi connectivity index (χ2n) is 9.38. The Hall–Kier alpha value is -2.97. The average molecular weight is 466 g/mol. The molecular weight excluding hydrogens is 434 g/mol. The van der Waals surface area contributed by atoms with Crippen LogP contribution in [0.5, 0.6) is 5.75 Å². The van der Waals surface area contributed by atoms with Crippen molar-refractivity contribution in [3.8, 4) is 5.75 Å². The van der Waals surface area contributed by atoms with E-state index < -0.39 is 6.10 Å². The molecule has 3 aliphatic heterocycles. The smallest absolute Gasteiger partial charge is 0.228 e. The minimum atomic E-state index is -0.491. The highest BCUT2D eigenvalue weighted by atomic mass is 16.6. The third-order valence-electron chi connectivity index (χ3n) is 7.01. The number of nitrogens with zero attached hydrogens (tertiary/aromatic N) is 2. The Morgan fingerprint density at radius 1 is 1.12 bits per heavy atom. The van der Waals surface area contributed by atoms with Gasteiger partial charge in [-0.25, -0.2) is 0 Å². The highest BCUT2D eigenvalue weighted by Gasteiger charge is 2.46. The Kier molecular flexibility index (Phi) is 6.78. The summed E-state index contributed by atoms with van der Waals surface area (Å²) in [6.45, 7) is 1.46. The van der Waals surface area contributed by atoms with Crippen molar-refractivity contribution in [2.24, 2.45) is 0 Å². The first kappa shape index (κ1) is 22.8. The van der Waals surface area contributed by atoms with Gasteiger partial charge in [0, 0.05) is 42.7 Å². The molecule has 8 nitrogen and oxygen atoms in total. The van der Waals surface area contributed by atoms with E-state index in [2.05, 4.69) is 10.3 Å². The van der Waals surface area contributed by atoms with Crippen LogP contribution in [0.25, 0.3) is 0 Å². The Balaban J connectivity index is 1.28. The van der Waals surface area contributed by atoms with Gasteiger partial charge in [0.25, 0.3) is 0 Å². The first-order valence-corrected chi connectivity index (χ1v) is 12.1. The largest absolute Gasteiger partial charge is 0.487 e. The third-order valence-corrected chi connectivity index (χ3v) is 7.01. The normalized spacial score (nSPS) is 25.7. The summed E-state index contributed by atoms with van der Waals surface area (Å²) in [4.78, 5) is 31.3. The van der Waals surface area contributed by atoms with E-state index in [0.29, 0.717) is 18.5 Å². The lowest BCUT2D eigenvalue weighted by molar-refractivity contribution is -0.149. The molecule has 2 aromatic rings. The van der Waals surface area contributed by atoms with Gasteiger partial charge in [-0.3, -0.25) is 14.6 Å².